The predicted molar refractivity (Wildman–Crippen MR) is 57.9 cm³/mol. The molecule has 1 aliphatic rings. The summed E-state index contributed by atoms with van der Waals surface area (Å²) in [5.41, 5.74) is 0. The molecule has 1 fully saturated rings. The first kappa shape index (κ1) is 8.71. The minimum atomic E-state index is 0.830. The summed E-state index contributed by atoms with van der Waals surface area (Å²) < 4.78 is 6.34. The van der Waals surface area contributed by atoms with Gasteiger partial charge in [0.25, 0.3) is 0 Å². The second-order valence-electron chi connectivity index (χ2n) is 2.55. The van der Waals surface area contributed by atoms with Gasteiger partial charge in [0.15, 0.2) is 5.13 Å². The molecule has 2 rings (SSSR count). The summed E-state index contributed by atoms with van der Waals surface area (Å²) in [5, 5.41) is 3.20. The Morgan fingerprint density at radius 2 is 2.25 bits per heavy atom. The van der Waals surface area contributed by atoms with Crippen LogP contribution >= 0.6 is 33.9 Å². The lowest BCUT2D eigenvalue weighted by molar-refractivity contribution is 0.122. The summed E-state index contributed by atoms with van der Waals surface area (Å²) in [6, 6.07) is 0. The molecule has 66 valence electrons. The molecule has 0 saturated carbocycles. The molecule has 1 aromatic rings. The monoisotopic (exact) mass is 296 g/mol. The zero-order valence-electron chi connectivity index (χ0n) is 6.49. The Balaban J connectivity index is 2.08. The maximum atomic E-state index is 5.26. The van der Waals surface area contributed by atoms with Crippen molar-refractivity contribution in [3.8, 4) is 0 Å². The minimum absolute atomic E-state index is 0.830. The number of thiazole rings is 1. The van der Waals surface area contributed by atoms with E-state index in [1.807, 2.05) is 0 Å². The first-order valence-corrected chi connectivity index (χ1v) is 5.76. The van der Waals surface area contributed by atoms with Crippen LogP contribution in [0.1, 0.15) is 0 Å². The highest BCUT2D eigenvalue weighted by molar-refractivity contribution is 14.1. The second kappa shape index (κ2) is 3.89. The van der Waals surface area contributed by atoms with Crippen molar-refractivity contribution in [1.29, 1.82) is 0 Å². The number of rotatable bonds is 1. The van der Waals surface area contributed by atoms with Gasteiger partial charge in [-0.15, -0.1) is 11.3 Å². The summed E-state index contributed by atoms with van der Waals surface area (Å²) in [7, 11) is 0. The van der Waals surface area contributed by atoms with Crippen LogP contribution in [0.25, 0.3) is 0 Å². The Bertz CT molecular complexity index is 260. The van der Waals surface area contributed by atoms with Crippen molar-refractivity contribution in [2.75, 3.05) is 31.2 Å². The third kappa shape index (κ3) is 1.89. The number of aromatic nitrogens is 1. The van der Waals surface area contributed by atoms with Gasteiger partial charge in [-0.05, 0) is 22.6 Å². The van der Waals surface area contributed by atoms with Crippen molar-refractivity contribution >= 4 is 39.1 Å². The van der Waals surface area contributed by atoms with Crippen molar-refractivity contribution in [3.05, 3.63) is 9.08 Å². The average Bonchev–Trinajstić information content (AvgIpc) is 2.54. The first-order chi connectivity index (χ1) is 5.86. The van der Waals surface area contributed by atoms with Crippen LogP contribution in [-0.2, 0) is 4.74 Å². The standard InChI is InChI=1S/C7H9IN2OS/c8-6-5-12-7(9-6)10-1-3-11-4-2-10/h5H,1-4H2. The van der Waals surface area contributed by atoms with Crippen molar-refractivity contribution in [3.63, 3.8) is 0 Å². The molecule has 0 bridgehead atoms. The van der Waals surface area contributed by atoms with Gasteiger partial charge in [-0.25, -0.2) is 4.98 Å². The molecule has 0 atom stereocenters. The molecular formula is C7H9IN2OS. The number of nitrogens with zero attached hydrogens (tertiary/aromatic N) is 2. The molecule has 3 nitrogen and oxygen atoms in total. The van der Waals surface area contributed by atoms with E-state index in [4.69, 9.17) is 4.74 Å². The summed E-state index contributed by atoms with van der Waals surface area (Å²) in [6.07, 6.45) is 0. The van der Waals surface area contributed by atoms with E-state index in [1.54, 1.807) is 11.3 Å². The molecule has 0 spiro atoms. The van der Waals surface area contributed by atoms with E-state index in [0.717, 1.165) is 35.1 Å². The lowest BCUT2D eigenvalue weighted by Crippen LogP contribution is -2.36. The van der Waals surface area contributed by atoms with Crippen molar-refractivity contribution in [2.45, 2.75) is 0 Å². The van der Waals surface area contributed by atoms with Gasteiger partial charge in [-0.2, -0.15) is 0 Å². The van der Waals surface area contributed by atoms with Crippen LogP contribution < -0.4 is 4.90 Å². The van der Waals surface area contributed by atoms with Gasteiger partial charge in [-0.1, -0.05) is 0 Å². The number of ether oxygens (including phenoxy) is 1. The lowest BCUT2D eigenvalue weighted by atomic mass is 10.5. The van der Waals surface area contributed by atoms with Crippen LogP contribution in [0.5, 0.6) is 0 Å². The van der Waals surface area contributed by atoms with Gasteiger partial charge in [0.2, 0.25) is 0 Å². The maximum Gasteiger partial charge on any atom is 0.186 e. The summed E-state index contributed by atoms with van der Waals surface area (Å²) in [6.45, 7) is 3.61. The van der Waals surface area contributed by atoms with Crippen LogP contribution in [0.2, 0.25) is 0 Å². The molecule has 2 heterocycles. The number of anilines is 1. The Labute approximate surface area is 88.9 Å². The zero-order valence-corrected chi connectivity index (χ0v) is 9.47. The van der Waals surface area contributed by atoms with Crippen LogP contribution in [0.4, 0.5) is 5.13 Å². The average molecular weight is 296 g/mol. The molecule has 0 unspecified atom stereocenters. The van der Waals surface area contributed by atoms with Gasteiger partial charge >= 0.3 is 0 Å². The zero-order chi connectivity index (χ0) is 8.39. The van der Waals surface area contributed by atoms with Gasteiger partial charge in [0, 0.05) is 18.5 Å². The van der Waals surface area contributed by atoms with Crippen LogP contribution in [0, 0.1) is 3.70 Å². The quantitative estimate of drug-likeness (QED) is 0.736. The molecule has 0 aliphatic carbocycles. The first-order valence-electron chi connectivity index (χ1n) is 3.80. The summed E-state index contributed by atoms with van der Waals surface area (Å²) in [5.74, 6) is 0. The van der Waals surface area contributed by atoms with E-state index in [-0.39, 0.29) is 0 Å². The topological polar surface area (TPSA) is 25.4 Å². The molecular weight excluding hydrogens is 287 g/mol. The smallest absolute Gasteiger partial charge is 0.186 e. The highest BCUT2D eigenvalue weighted by Gasteiger charge is 2.13. The molecule has 5 heteroatoms. The van der Waals surface area contributed by atoms with Crippen molar-refractivity contribution in [2.24, 2.45) is 0 Å². The molecule has 1 saturated heterocycles. The Morgan fingerprint density at radius 1 is 1.50 bits per heavy atom. The van der Waals surface area contributed by atoms with Crippen molar-refractivity contribution < 1.29 is 4.74 Å². The highest BCUT2D eigenvalue weighted by atomic mass is 127. The van der Waals surface area contributed by atoms with Crippen LogP contribution in [-0.4, -0.2) is 31.3 Å². The second-order valence-corrected chi connectivity index (χ2v) is 4.49. The molecule has 0 aromatic carbocycles. The Morgan fingerprint density at radius 3 is 2.83 bits per heavy atom. The fraction of sp³-hybridized carbons (Fsp3) is 0.571. The Hall–Kier alpha value is 0.120. The van der Waals surface area contributed by atoms with E-state index in [2.05, 4.69) is 37.9 Å². The molecule has 1 aromatic heterocycles. The fourth-order valence-electron chi connectivity index (χ4n) is 1.15. The lowest BCUT2D eigenvalue weighted by Gasteiger charge is -2.25. The van der Waals surface area contributed by atoms with E-state index in [0.29, 0.717) is 0 Å². The molecule has 0 N–H and O–H groups in total. The number of hydrogen-bond donors (Lipinski definition) is 0. The van der Waals surface area contributed by atoms with E-state index >= 15 is 0 Å². The highest BCUT2D eigenvalue weighted by Crippen LogP contribution is 2.21. The number of morpholine rings is 1. The molecule has 12 heavy (non-hydrogen) atoms. The molecule has 0 amide bonds. The molecule has 0 radical (unpaired) electrons. The van der Waals surface area contributed by atoms with E-state index < -0.39 is 0 Å². The number of halogens is 1. The third-order valence-corrected chi connectivity index (χ3v) is 3.62. The van der Waals surface area contributed by atoms with Gasteiger partial charge in [-0.3, -0.25) is 0 Å². The number of hydrogen-bond acceptors (Lipinski definition) is 4. The molecule has 1 aliphatic heterocycles. The summed E-state index contributed by atoms with van der Waals surface area (Å²) in [4.78, 5) is 6.68. The fourth-order valence-corrected chi connectivity index (χ4v) is 2.66. The largest absolute Gasteiger partial charge is 0.378 e. The van der Waals surface area contributed by atoms with Crippen molar-refractivity contribution in [1.82, 2.24) is 4.98 Å². The van der Waals surface area contributed by atoms with Crippen LogP contribution in [0.15, 0.2) is 5.38 Å². The van der Waals surface area contributed by atoms with Gasteiger partial charge in [0.1, 0.15) is 3.70 Å². The van der Waals surface area contributed by atoms with Crippen LogP contribution in [0.3, 0.4) is 0 Å². The third-order valence-electron chi connectivity index (χ3n) is 1.75. The maximum absolute atomic E-state index is 5.26. The Kier molecular flexibility index (Phi) is 2.82. The van der Waals surface area contributed by atoms with Gasteiger partial charge in [0.05, 0.1) is 13.2 Å². The predicted octanol–water partition coefficient (Wildman–Crippen LogP) is 1.58. The normalized spacial score (nSPS) is 18.2. The van der Waals surface area contributed by atoms with Gasteiger partial charge < -0.3 is 9.64 Å². The summed E-state index contributed by atoms with van der Waals surface area (Å²) >= 11 is 3.95. The van der Waals surface area contributed by atoms with E-state index in [1.165, 1.54) is 0 Å². The SMILES string of the molecule is Ic1csc(N2CCOCC2)n1. The minimum Gasteiger partial charge on any atom is -0.378 e. The van der Waals surface area contributed by atoms with E-state index in [9.17, 15) is 0 Å².